The Morgan fingerprint density at radius 3 is 2.35 bits per heavy atom. The molecule has 1 saturated carbocycles. The summed E-state index contributed by atoms with van der Waals surface area (Å²) in [6.07, 6.45) is -1.09. The van der Waals surface area contributed by atoms with E-state index in [-0.39, 0.29) is 29.9 Å². The molecule has 7 nitrogen and oxygen atoms in total. The summed E-state index contributed by atoms with van der Waals surface area (Å²) in [4.78, 5) is 9.80. The van der Waals surface area contributed by atoms with Gasteiger partial charge in [-0.1, -0.05) is 30.8 Å². The Kier molecular flexibility index (Phi) is 6.62. The Labute approximate surface area is 193 Å². The summed E-state index contributed by atoms with van der Waals surface area (Å²) in [6, 6.07) is 9.80. The third-order valence-electron chi connectivity index (χ3n) is 5.29. The lowest BCUT2D eigenvalue weighted by Gasteiger charge is -2.24. The van der Waals surface area contributed by atoms with Crippen LogP contribution in [0.15, 0.2) is 55.0 Å². The van der Waals surface area contributed by atoms with E-state index in [9.17, 15) is 13.2 Å². The van der Waals surface area contributed by atoms with E-state index in [2.05, 4.69) is 32.1 Å². The maximum absolute atomic E-state index is 15.3. The highest BCUT2D eigenvalue weighted by Crippen LogP contribution is 2.34. The van der Waals surface area contributed by atoms with Crippen LogP contribution < -0.4 is 16.0 Å². The normalized spacial score (nSPS) is 13.5. The predicted octanol–water partition coefficient (Wildman–Crippen LogP) is 4.22. The van der Waals surface area contributed by atoms with Gasteiger partial charge in [0.25, 0.3) is 0 Å². The highest BCUT2D eigenvalue weighted by atomic mass is 19.4. The number of anilines is 2. The zero-order valence-electron chi connectivity index (χ0n) is 18.2. The molecule has 3 N–H and O–H groups in total. The Morgan fingerprint density at radius 1 is 1.06 bits per heavy atom. The van der Waals surface area contributed by atoms with Gasteiger partial charge in [0.15, 0.2) is 17.3 Å². The van der Waals surface area contributed by atoms with Crippen LogP contribution in [0.4, 0.5) is 29.2 Å². The van der Waals surface area contributed by atoms with E-state index in [0.717, 1.165) is 30.0 Å². The van der Waals surface area contributed by atoms with E-state index in [1.165, 1.54) is 12.4 Å². The number of nitrogens with two attached hydrogens (primary N) is 1. The fraction of sp³-hybridized carbons (Fsp3) is 0.304. The number of allylic oxidation sites excluding steroid dienone is 1. The van der Waals surface area contributed by atoms with Crippen LogP contribution in [-0.2, 0) is 25.7 Å². The smallest absolute Gasteiger partial charge is 0.402 e. The maximum atomic E-state index is 15.3. The van der Waals surface area contributed by atoms with Crippen LogP contribution in [0.1, 0.15) is 35.4 Å². The first-order chi connectivity index (χ1) is 16.2. The fourth-order valence-electron chi connectivity index (χ4n) is 3.44. The molecule has 1 aromatic carbocycles. The van der Waals surface area contributed by atoms with E-state index in [1.54, 1.807) is 4.90 Å². The van der Waals surface area contributed by atoms with Crippen LogP contribution in [-0.4, -0.2) is 26.2 Å². The summed E-state index contributed by atoms with van der Waals surface area (Å²) >= 11 is 0. The second-order valence-corrected chi connectivity index (χ2v) is 8.13. The number of halogens is 4. The van der Waals surface area contributed by atoms with Crippen LogP contribution >= 0.6 is 0 Å². The van der Waals surface area contributed by atoms with Gasteiger partial charge < -0.3 is 16.0 Å². The van der Waals surface area contributed by atoms with Gasteiger partial charge in [-0.25, -0.2) is 9.97 Å². The number of hydrogen-bond acceptors (Lipinski definition) is 7. The van der Waals surface area contributed by atoms with Crippen molar-refractivity contribution in [3.63, 3.8) is 0 Å². The topological polar surface area (TPSA) is 92.8 Å². The van der Waals surface area contributed by atoms with Crippen LogP contribution in [0.25, 0.3) is 0 Å². The van der Waals surface area contributed by atoms with Gasteiger partial charge in [0.05, 0.1) is 12.2 Å². The van der Waals surface area contributed by atoms with Gasteiger partial charge >= 0.3 is 6.18 Å². The van der Waals surface area contributed by atoms with E-state index >= 15 is 4.39 Å². The molecule has 2 heterocycles. The minimum atomic E-state index is -4.57. The molecular weight excluding hydrogens is 450 g/mol. The van der Waals surface area contributed by atoms with E-state index in [1.807, 2.05) is 24.3 Å². The molecule has 0 amide bonds. The molecule has 34 heavy (non-hydrogen) atoms. The van der Waals surface area contributed by atoms with Crippen LogP contribution in [0.5, 0.6) is 0 Å². The first-order valence-corrected chi connectivity index (χ1v) is 10.6. The number of hydrogen-bond donors (Lipinski definition) is 2. The summed E-state index contributed by atoms with van der Waals surface area (Å²) < 4.78 is 53.6. The second-order valence-electron chi connectivity index (χ2n) is 8.13. The van der Waals surface area contributed by atoms with Crippen molar-refractivity contribution in [2.75, 3.05) is 10.2 Å². The zero-order chi connectivity index (χ0) is 24.3. The minimum absolute atomic E-state index is 0.0196. The molecule has 0 saturated heterocycles. The van der Waals surface area contributed by atoms with Gasteiger partial charge in [-0.3, -0.25) is 0 Å². The minimum Gasteiger partial charge on any atom is -0.402 e. The van der Waals surface area contributed by atoms with Crippen molar-refractivity contribution in [1.82, 2.24) is 20.2 Å². The van der Waals surface area contributed by atoms with E-state index in [0.29, 0.717) is 18.7 Å². The lowest BCUT2D eigenvalue weighted by atomic mass is 10.1. The Balaban J connectivity index is 1.47. The van der Waals surface area contributed by atoms with Crippen molar-refractivity contribution in [1.29, 1.82) is 0 Å². The average Bonchev–Trinajstić information content (AvgIpc) is 3.63. The van der Waals surface area contributed by atoms with Crippen LogP contribution in [0.2, 0.25) is 0 Å². The average molecular weight is 473 g/mol. The summed E-state index contributed by atoms with van der Waals surface area (Å²) in [5, 5.41) is 9.90. The molecule has 0 unspecified atom stereocenters. The van der Waals surface area contributed by atoms with E-state index in [4.69, 9.17) is 5.73 Å². The number of aromatic nitrogens is 4. The maximum Gasteiger partial charge on any atom is 0.435 e. The highest BCUT2D eigenvalue weighted by molar-refractivity contribution is 5.52. The van der Waals surface area contributed by atoms with Crippen LogP contribution in [0, 0.1) is 5.82 Å². The molecule has 0 radical (unpaired) electrons. The van der Waals surface area contributed by atoms with Crippen molar-refractivity contribution < 1.29 is 17.6 Å². The van der Waals surface area contributed by atoms with Gasteiger partial charge in [0, 0.05) is 24.7 Å². The first-order valence-electron chi connectivity index (χ1n) is 10.6. The number of alkyl halides is 3. The molecule has 4 rings (SSSR count). The van der Waals surface area contributed by atoms with Gasteiger partial charge in [-0.2, -0.15) is 22.7 Å². The zero-order valence-corrected chi connectivity index (χ0v) is 18.2. The van der Waals surface area contributed by atoms with Crippen molar-refractivity contribution in [3.05, 3.63) is 83.3 Å². The summed E-state index contributed by atoms with van der Waals surface area (Å²) in [5.74, 6) is -0.530. The van der Waals surface area contributed by atoms with Crippen LogP contribution in [0.3, 0.4) is 0 Å². The second kappa shape index (κ2) is 9.62. The van der Waals surface area contributed by atoms with E-state index < -0.39 is 17.7 Å². The molecular formula is C23H23F4N7. The molecule has 2 aromatic heterocycles. The monoisotopic (exact) mass is 473 g/mol. The third kappa shape index (κ3) is 5.77. The molecule has 0 aliphatic heterocycles. The lowest BCUT2D eigenvalue weighted by molar-refractivity contribution is -0.141. The van der Waals surface area contributed by atoms with Crippen molar-refractivity contribution in [2.24, 2.45) is 5.73 Å². The number of rotatable bonds is 9. The molecule has 3 aromatic rings. The summed E-state index contributed by atoms with van der Waals surface area (Å²) in [6.45, 7) is 4.11. The van der Waals surface area contributed by atoms with Gasteiger partial charge in [0.2, 0.25) is 5.82 Å². The van der Waals surface area contributed by atoms with Crippen molar-refractivity contribution in [2.45, 2.75) is 44.6 Å². The largest absolute Gasteiger partial charge is 0.435 e. The third-order valence-corrected chi connectivity index (χ3v) is 5.29. The first kappa shape index (κ1) is 23.4. The molecule has 0 spiro atoms. The van der Waals surface area contributed by atoms with Crippen molar-refractivity contribution in [3.8, 4) is 0 Å². The summed E-state index contributed by atoms with van der Waals surface area (Å²) in [5.41, 5.74) is 7.36. The molecule has 11 heteroatoms. The highest BCUT2D eigenvalue weighted by Gasteiger charge is 2.35. The standard InChI is InChI=1S/C23H23F4N7/c1-14(28)10-15-2-4-16(5-3-15)11-29-21-20(24)22(31-13-30-21)34(18-7-8-18)12-17-6-9-19(33-32-17)23(25,26)27/h2-6,9,13,18H,1,7-8,10-12,28H2,(H,29,30,31). The Bertz CT molecular complexity index is 1140. The molecule has 1 aliphatic rings. The molecule has 178 valence electrons. The molecule has 0 atom stereocenters. The SMILES string of the molecule is C=C(N)Cc1ccc(CNc2ncnc(N(Cc3ccc(C(F)(F)F)nn3)C3CC3)c2F)cc1. The predicted molar refractivity (Wildman–Crippen MR) is 119 cm³/mol. The lowest BCUT2D eigenvalue weighted by Crippen LogP contribution is -2.28. The number of nitrogens with zero attached hydrogens (tertiary/aromatic N) is 5. The fourth-order valence-corrected chi connectivity index (χ4v) is 3.44. The number of nitrogens with one attached hydrogen (secondary N) is 1. The van der Waals surface area contributed by atoms with Gasteiger partial charge in [-0.05, 0) is 36.1 Å². The molecule has 1 fully saturated rings. The Morgan fingerprint density at radius 2 is 1.76 bits per heavy atom. The Hall–Kier alpha value is -3.76. The quantitative estimate of drug-likeness (QED) is 0.450. The van der Waals surface area contributed by atoms with Gasteiger partial charge in [-0.15, -0.1) is 5.10 Å². The molecule has 1 aliphatic carbocycles. The number of benzene rings is 1. The summed E-state index contributed by atoms with van der Waals surface area (Å²) in [7, 11) is 0. The van der Waals surface area contributed by atoms with Gasteiger partial charge in [0.1, 0.15) is 6.33 Å². The van der Waals surface area contributed by atoms with Crippen molar-refractivity contribution >= 4 is 11.6 Å². The molecule has 0 bridgehead atoms.